The molecule has 1 aromatic carbocycles. The van der Waals surface area contributed by atoms with E-state index in [0.717, 1.165) is 0 Å². The molecular weight excluding hydrogens is 308 g/mol. The first-order valence-corrected chi connectivity index (χ1v) is 7.90. The number of anilines is 1. The van der Waals surface area contributed by atoms with Crippen LogP contribution in [0, 0.1) is 10.8 Å². The fourth-order valence-corrected chi connectivity index (χ4v) is 2.31. The lowest BCUT2D eigenvalue weighted by Crippen LogP contribution is -2.40. The van der Waals surface area contributed by atoms with Crippen molar-refractivity contribution >= 4 is 22.8 Å². The maximum Gasteiger partial charge on any atom is 0.441 e. The molecule has 0 radical (unpaired) electrons. The predicted molar refractivity (Wildman–Crippen MR) is 93.2 cm³/mol. The Morgan fingerprint density at radius 3 is 2.46 bits per heavy atom. The van der Waals surface area contributed by atoms with Gasteiger partial charge in [0.15, 0.2) is 0 Å². The number of aliphatic carboxylic acids is 1. The van der Waals surface area contributed by atoms with Crippen LogP contribution in [0.15, 0.2) is 33.5 Å². The summed E-state index contributed by atoms with van der Waals surface area (Å²) in [4.78, 5) is 27.2. The molecular formula is C18H24N2O4. The summed E-state index contributed by atoms with van der Waals surface area (Å²) in [6.07, 6.45) is 0.391. The van der Waals surface area contributed by atoms with Crippen LogP contribution >= 0.6 is 0 Å². The van der Waals surface area contributed by atoms with E-state index in [4.69, 9.17) is 4.42 Å². The monoisotopic (exact) mass is 332 g/mol. The summed E-state index contributed by atoms with van der Waals surface area (Å²) in [6.45, 7) is 10.3. The van der Waals surface area contributed by atoms with Crippen LogP contribution in [0.25, 0.3) is 11.0 Å². The fourth-order valence-electron chi connectivity index (χ4n) is 2.31. The van der Waals surface area contributed by atoms with Crippen molar-refractivity contribution in [2.45, 2.75) is 47.1 Å². The van der Waals surface area contributed by atoms with Gasteiger partial charge in [-0.1, -0.05) is 46.8 Å². The molecule has 1 atom stereocenters. The Labute approximate surface area is 140 Å². The highest BCUT2D eigenvalue weighted by Crippen LogP contribution is 2.42. The molecule has 0 amide bonds. The minimum Gasteiger partial charge on any atom is -0.480 e. The van der Waals surface area contributed by atoms with Gasteiger partial charge >= 0.3 is 11.7 Å². The first-order valence-electron chi connectivity index (χ1n) is 7.90. The molecule has 0 aliphatic carbocycles. The third kappa shape index (κ3) is 3.75. The smallest absolute Gasteiger partial charge is 0.441 e. The fraction of sp³-hybridized carbons (Fsp3) is 0.500. The van der Waals surface area contributed by atoms with Crippen LogP contribution in [0.4, 0.5) is 5.82 Å². The van der Waals surface area contributed by atoms with Crippen molar-refractivity contribution in [3.05, 3.63) is 34.8 Å². The summed E-state index contributed by atoms with van der Waals surface area (Å²) in [5.74, 6) is -1.50. The molecule has 1 unspecified atom stereocenters. The molecule has 0 saturated carbocycles. The number of hydrogen-bond acceptors (Lipinski definition) is 5. The van der Waals surface area contributed by atoms with Crippen molar-refractivity contribution in [2.75, 3.05) is 5.32 Å². The van der Waals surface area contributed by atoms with Crippen LogP contribution in [0.1, 0.15) is 41.0 Å². The van der Waals surface area contributed by atoms with Crippen LogP contribution in [0.3, 0.4) is 0 Å². The second-order valence-electron chi connectivity index (χ2n) is 7.70. The standard InChI is InChI=1S/C18H24N2O4/c1-17(2,3)18(4,5)10-12(15(21)22)19-14-11-8-6-7-9-13(11)24-16(23)20-14/h6-9,12H,10H2,1-5H3,(H,21,22)(H,19,20,23). The van der Waals surface area contributed by atoms with Crippen LogP contribution in [-0.4, -0.2) is 22.1 Å². The van der Waals surface area contributed by atoms with Crippen molar-refractivity contribution in [1.29, 1.82) is 0 Å². The average Bonchev–Trinajstić information content (AvgIpc) is 2.44. The zero-order valence-corrected chi connectivity index (χ0v) is 14.7. The topological polar surface area (TPSA) is 92.4 Å². The van der Waals surface area contributed by atoms with E-state index in [2.05, 4.69) is 31.1 Å². The Hall–Kier alpha value is -2.37. The van der Waals surface area contributed by atoms with Gasteiger partial charge in [0, 0.05) is 0 Å². The van der Waals surface area contributed by atoms with Gasteiger partial charge < -0.3 is 14.8 Å². The number of para-hydroxylation sites is 1. The number of hydrogen-bond donors (Lipinski definition) is 2. The molecule has 0 aliphatic rings. The molecule has 2 N–H and O–H groups in total. The van der Waals surface area contributed by atoms with Gasteiger partial charge in [0.1, 0.15) is 17.4 Å². The lowest BCUT2D eigenvalue weighted by molar-refractivity contribution is -0.139. The van der Waals surface area contributed by atoms with Crippen molar-refractivity contribution in [1.82, 2.24) is 4.98 Å². The number of carboxylic acids is 1. The minimum atomic E-state index is -0.980. The number of nitrogens with zero attached hydrogens (tertiary/aromatic N) is 1. The zero-order valence-electron chi connectivity index (χ0n) is 14.7. The van der Waals surface area contributed by atoms with E-state index in [1.54, 1.807) is 24.3 Å². The average molecular weight is 332 g/mol. The molecule has 0 aliphatic heterocycles. The third-order valence-corrected chi connectivity index (χ3v) is 4.90. The number of benzene rings is 1. The lowest BCUT2D eigenvalue weighted by Gasteiger charge is -2.40. The van der Waals surface area contributed by atoms with E-state index in [-0.39, 0.29) is 16.6 Å². The molecule has 6 nitrogen and oxygen atoms in total. The van der Waals surface area contributed by atoms with Crippen molar-refractivity contribution < 1.29 is 14.3 Å². The van der Waals surface area contributed by atoms with E-state index >= 15 is 0 Å². The highest BCUT2D eigenvalue weighted by molar-refractivity contribution is 5.89. The Kier molecular flexibility index (Phi) is 4.69. The number of aromatic nitrogens is 1. The summed E-state index contributed by atoms with van der Waals surface area (Å²) in [6, 6.07) is 6.05. The molecule has 1 aromatic heterocycles. The van der Waals surface area contributed by atoms with E-state index in [9.17, 15) is 14.7 Å². The molecule has 2 rings (SSSR count). The number of carboxylic acid groups (broad SMARTS) is 1. The highest BCUT2D eigenvalue weighted by Gasteiger charge is 2.37. The first kappa shape index (κ1) is 18.0. The van der Waals surface area contributed by atoms with Gasteiger partial charge in [0.2, 0.25) is 0 Å². The number of nitrogens with one attached hydrogen (secondary N) is 1. The Morgan fingerprint density at radius 2 is 1.88 bits per heavy atom. The molecule has 1 heterocycles. The summed E-state index contributed by atoms with van der Waals surface area (Å²) in [7, 11) is 0. The van der Waals surface area contributed by atoms with Crippen LogP contribution in [0.2, 0.25) is 0 Å². The molecule has 0 saturated heterocycles. The quantitative estimate of drug-likeness (QED) is 0.870. The van der Waals surface area contributed by atoms with Gasteiger partial charge in [-0.2, -0.15) is 4.98 Å². The molecule has 24 heavy (non-hydrogen) atoms. The summed E-state index contributed by atoms with van der Waals surface area (Å²) in [5.41, 5.74) is 0.0607. The maximum atomic E-state index is 11.7. The summed E-state index contributed by atoms with van der Waals surface area (Å²) in [5, 5.41) is 13.1. The molecule has 6 heteroatoms. The van der Waals surface area contributed by atoms with Gasteiger partial charge in [-0.15, -0.1) is 0 Å². The van der Waals surface area contributed by atoms with Crippen molar-refractivity contribution in [3.63, 3.8) is 0 Å². The highest BCUT2D eigenvalue weighted by atomic mass is 16.4. The predicted octanol–water partition coefficient (Wildman–Crippen LogP) is 3.52. The molecule has 0 bridgehead atoms. The largest absolute Gasteiger partial charge is 0.480 e. The molecule has 2 aromatic rings. The maximum absolute atomic E-state index is 11.7. The third-order valence-electron chi connectivity index (χ3n) is 4.90. The van der Waals surface area contributed by atoms with E-state index in [1.807, 2.05) is 13.8 Å². The second kappa shape index (κ2) is 6.26. The SMILES string of the molecule is CC(C)(C)C(C)(C)CC(Nc1nc(=O)oc2ccccc12)C(=O)O. The number of carbonyl (C=O) groups is 1. The normalized spacial score (nSPS) is 13.7. The van der Waals surface area contributed by atoms with Gasteiger partial charge in [-0.3, -0.25) is 0 Å². The molecule has 130 valence electrons. The van der Waals surface area contributed by atoms with E-state index in [1.165, 1.54) is 0 Å². The van der Waals surface area contributed by atoms with E-state index in [0.29, 0.717) is 17.4 Å². The Morgan fingerprint density at radius 1 is 1.25 bits per heavy atom. The number of fused-ring (bicyclic) bond motifs is 1. The summed E-state index contributed by atoms with van der Waals surface area (Å²) < 4.78 is 5.05. The Balaban J connectivity index is 2.39. The van der Waals surface area contributed by atoms with Gasteiger partial charge in [0.05, 0.1) is 5.39 Å². The van der Waals surface area contributed by atoms with Crippen LogP contribution in [0.5, 0.6) is 0 Å². The van der Waals surface area contributed by atoms with Crippen molar-refractivity contribution in [2.24, 2.45) is 10.8 Å². The second-order valence-corrected chi connectivity index (χ2v) is 7.70. The Bertz CT molecular complexity index is 803. The van der Waals surface area contributed by atoms with Gasteiger partial charge in [-0.05, 0) is 29.4 Å². The van der Waals surface area contributed by atoms with Gasteiger partial charge in [0.25, 0.3) is 0 Å². The van der Waals surface area contributed by atoms with Crippen LogP contribution < -0.4 is 11.1 Å². The lowest BCUT2D eigenvalue weighted by atomic mass is 9.66. The van der Waals surface area contributed by atoms with E-state index < -0.39 is 17.8 Å². The molecule has 0 spiro atoms. The summed E-state index contributed by atoms with van der Waals surface area (Å²) >= 11 is 0. The number of rotatable bonds is 5. The molecule has 0 fully saturated rings. The first-order chi connectivity index (χ1) is 11.0. The van der Waals surface area contributed by atoms with Crippen molar-refractivity contribution in [3.8, 4) is 0 Å². The minimum absolute atomic E-state index is 0.0758. The van der Waals surface area contributed by atoms with Crippen LogP contribution in [-0.2, 0) is 4.79 Å². The zero-order chi connectivity index (χ0) is 18.1. The van der Waals surface area contributed by atoms with Gasteiger partial charge in [-0.25, -0.2) is 9.59 Å².